The molecule has 1 aromatic carbocycles. The topological polar surface area (TPSA) is 85.1 Å². The summed E-state index contributed by atoms with van der Waals surface area (Å²) in [7, 11) is -3.61. The Morgan fingerprint density at radius 1 is 1.25 bits per heavy atom. The van der Waals surface area contributed by atoms with E-state index in [1.165, 1.54) is 12.3 Å². The lowest BCUT2D eigenvalue weighted by atomic mass is 10.1. The molecule has 0 saturated carbocycles. The standard InChI is InChI=1S/C14H17N3O2S/c1-11-4-2-5-12(8-11)10-17-20(18,19)14-6-3-7-16-13(14)9-15/h2-8,17H,9-10,15H2,1H3. The van der Waals surface area contributed by atoms with Crippen molar-refractivity contribution in [3.05, 3.63) is 59.4 Å². The Kier molecular flexibility index (Phi) is 4.49. The van der Waals surface area contributed by atoms with Crippen molar-refractivity contribution in [2.45, 2.75) is 24.9 Å². The van der Waals surface area contributed by atoms with Crippen molar-refractivity contribution < 1.29 is 8.42 Å². The number of sulfonamides is 1. The molecule has 1 aromatic heterocycles. The summed E-state index contributed by atoms with van der Waals surface area (Å²) in [6.07, 6.45) is 1.53. The van der Waals surface area contributed by atoms with Gasteiger partial charge in [-0.15, -0.1) is 0 Å². The molecule has 20 heavy (non-hydrogen) atoms. The average molecular weight is 291 g/mol. The molecule has 0 aliphatic rings. The molecule has 0 spiro atoms. The van der Waals surface area contributed by atoms with Gasteiger partial charge in [0.05, 0.1) is 5.69 Å². The largest absolute Gasteiger partial charge is 0.325 e. The van der Waals surface area contributed by atoms with E-state index in [0.717, 1.165) is 11.1 Å². The average Bonchev–Trinajstić information content (AvgIpc) is 2.45. The number of hydrogen-bond acceptors (Lipinski definition) is 4. The number of aryl methyl sites for hydroxylation is 1. The van der Waals surface area contributed by atoms with E-state index in [2.05, 4.69) is 9.71 Å². The van der Waals surface area contributed by atoms with Crippen LogP contribution in [0.5, 0.6) is 0 Å². The van der Waals surface area contributed by atoms with Crippen LogP contribution in [-0.2, 0) is 23.1 Å². The summed E-state index contributed by atoms with van der Waals surface area (Å²) in [6, 6.07) is 10.8. The van der Waals surface area contributed by atoms with E-state index in [0.29, 0.717) is 5.69 Å². The second-order valence-corrected chi connectivity index (χ2v) is 6.20. The van der Waals surface area contributed by atoms with Gasteiger partial charge in [0.25, 0.3) is 0 Å². The maximum atomic E-state index is 12.3. The van der Waals surface area contributed by atoms with Crippen LogP contribution in [-0.4, -0.2) is 13.4 Å². The zero-order chi connectivity index (χ0) is 14.6. The fourth-order valence-corrected chi connectivity index (χ4v) is 3.12. The van der Waals surface area contributed by atoms with Gasteiger partial charge in [-0.3, -0.25) is 4.98 Å². The Labute approximate surface area is 118 Å². The second kappa shape index (κ2) is 6.13. The van der Waals surface area contributed by atoms with Gasteiger partial charge in [0.1, 0.15) is 4.90 Å². The van der Waals surface area contributed by atoms with Gasteiger partial charge in [0, 0.05) is 19.3 Å². The summed E-state index contributed by atoms with van der Waals surface area (Å²) in [5.74, 6) is 0. The third-order valence-electron chi connectivity index (χ3n) is 2.88. The molecule has 0 amide bonds. The minimum Gasteiger partial charge on any atom is -0.325 e. The van der Waals surface area contributed by atoms with Gasteiger partial charge in [-0.25, -0.2) is 13.1 Å². The van der Waals surface area contributed by atoms with Gasteiger partial charge >= 0.3 is 0 Å². The lowest BCUT2D eigenvalue weighted by molar-refractivity contribution is 0.579. The number of aromatic nitrogens is 1. The van der Waals surface area contributed by atoms with Gasteiger partial charge in [-0.05, 0) is 24.6 Å². The van der Waals surface area contributed by atoms with E-state index in [9.17, 15) is 8.42 Å². The molecule has 0 aliphatic heterocycles. The molecule has 106 valence electrons. The van der Waals surface area contributed by atoms with Crippen LogP contribution in [0.2, 0.25) is 0 Å². The molecular formula is C14H17N3O2S. The molecule has 2 rings (SSSR count). The van der Waals surface area contributed by atoms with E-state index >= 15 is 0 Å². The minimum absolute atomic E-state index is 0.0848. The molecule has 3 N–H and O–H groups in total. The number of nitrogens with two attached hydrogens (primary N) is 1. The van der Waals surface area contributed by atoms with Gasteiger partial charge in [0.15, 0.2) is 0 Å². The van der Waals surface area contributed by atoms with Crippen LogP contribution in [0.4, 0.5) is 0 Å². The molecule has 0 unspecified atom stereocenters. The van der Waals surface area contributed by atoms with Crippen molar-refractivity contribution in [1.29, 1.82) is 0 Å². The molecule has 5 nitrogen and oxygen atoms in total. The maximum absolute atomic E-state index is 12.3. The van der Waals surface area contributed by atoms with Crippen LogP contribution in [0.25, 0.3) is 0 Å². The van der Waals surface area contributed by atoms with Gasteiger partial charge < -0.3 is 5.73 Å². The third-order valence-corrected chi connectivity index (χ3v) is 4.36. The van der Waals surface area contributed by atoms with Crippen LogP contribution in [0.15, 0.2) is 47.5 Å². The first-order chi connectivity index (χ1) is 9.53. The van der Waals surface area contributed by atoms with Crippen LogP contribution < -0.4 is 10.5 Å². The number of rotatable bonds is 5. The number of hydrogen-bond donors (Lipinski definition) is 2. The van der Waals surface area contributed by atoms with E-state index < -0.39 is 10.0 Å². The number of nitrogens with one attached hydrogen (secondary N) is 1. The van der Waals surface area contributed by atoms with Crippen LogP contribution in [0.1, 0.15) is 16.8 Å². The van der Waals surface area contributed by atoms with Crippen molar-refractivity contribution in [3.63, 3.8) is 0 Å². The fourth-order valence-electron chi connectivity index (χ4n) is 1.90. The highest BCUT2D eigenvalue weighted by Crippen LogP contribution is 2.13. The predicted octanol–water partition coefficient (Wildman–Crippen LogP) is 1.33. The molecule has 0 aliphatic carbocycles. The highest BCUT2D eigenvalue weighted by molar-refractivity contribution is 7.89. The highest BCUT2D eigenvalue weighted by atomic mass is 32.2. The van der Waals surface area contributed by atoms with Crippen molar-refractivity contribution in [2.24, 2.45) is 5.73 Å². The summed E-state index contributed by atoms with van der Waals surface area (Å²) >= 11 is 0. The van der Waals surface area contributed by atoms with Crippen molar-refractivity contribution in [3.8, 4) is 0 Å². The Bertz CT molecular complexity index is 699. The first kappa shape index (κ1) is 14.6. The minimum atomic E-state index is -3.61. The summed E-state index contributed by atoms with van der Waals surface area (Å²) in [5, 5.41) is 0. The first-order valence-corrected chi connectivity index (χ1v) is 7.70. The molecule has 0 fully saturated rings. The van der Waals surface area contributed by atoms with E-state index in [4.69, 9.17) is 5.73 Å². The normalized spacial score (nSPS) is 11.5. The summed E-state index contributed by atoms with van der Waals surface area (Å²) in [6.45, 7) is 2.29. The molecular weight excluding hydrogens is 274 g/mol. The molecule has 0 radical (unpaired) electrons. The van der Waals surface area contributed by atoms with Crippen molar-refractivity contribution in [1.82, 2.24) is 9.71 Å². The maximum Gasteiger partial charge on any atom is 0.242 e. The highest BCUT2D eigenvalue weighted by Gasteiger charge is 2.17. The fraction of sp³-hybridized carbons (Fsp3) is 0.214. The van der Waals surface area contributed by atoms with E-state index in [-0.39, 0.29) is 18.0 Å². The van der Waals surface area contributed by atoms with Gasteiger partial charge in [-0.2, -0.15) is 0 Å². The monoisotopic (exact) mass is 291 g/mol. The molecule has 2 aromatic rings. The summed E-state index contributed by atoms with van der Waals surface area (Å²) in [4.78, 5) is 4.12. The summed E-state index contributed by atoms with van der Waals surface area (Å²) in [5.41, 5.74) is 7.88. The van der Waals surface area contributed by atoms with Crippen LogP contribution in [0, 0.1) is 6.92 Å². The Morgan fingerprint density at radius 3 is 2.75 bits per heavy atom. The Morgan fingerprint density at radius 2 is 2.05 bits per heavy atom. The third kappa shape index (κ3) is 3.41. The quantitative estimate of drug-likeness (QED) is 0.870. The number of nitrogens with zero attached hydrogens (tertiary/aromatic N) is 1. The molecule has 0 bridgehead atoms. The molecule has 0 atom stereocenters. The van der Waals surface area contributed by atoms with E-state index in [1.54, 1.807) is 6.07 Å². The first-order valence-electron chi connectivity index (χ1n) is 6.22. The van der Waals surface area contributed by atoms with Crippen molar-refractivity contribution >= 4 is 10.0 Å². The molecule has 6 heteroatoms. The molecule has 0 saturated heterocycles. The lowest BCUT2D eigenvalue weighted by Crippen LogP contribution is -2.25. The van der Waals surface area contributed by atoms with Crippen molar-refractivity contribution in [2.75, 3.05) is 0 Å². The van der Waals surface area contributed by atoms with Gasteiger partial charge in [-0.1, -0.05) is 29.8 Å². The molecule has 1 heterocycles. The SMILES string of the molecule is Cc1cccc(CNS(=O)(=O)c2cccnc2CN)c1. The van der Waals surface area contributed by atoms with E-state index in [1.807, 2.05) is 31.2 Å². The predicted molar refractivity (Wildman–Crippen MR) is 77.3 cm³/mol. The van der Waals surface area contributed by atoms with Crippen LogP contribution >= 0.6 is 0 Å². The second-order valence-electron chi connectivity index (χ2n) is 4.47. The lowest BCUT2D eigenvalue weighted by Gasteiger charge is -2.10. The van der Waals surface area contributed by atoms with Crippen LogP contribution in [0.3, 0.4) is 0 Å². The Hall–Kier alpha value is -1.76. The zero-order valence-electron chi connectivity index (χ0n) is 11.2. The Balaban J connectivity index is 2.19. The van der Waals surface area contributed by atoms with Gasteiger partial charge in [0.2, 0.25) is 10.0 Å². The smallest absolute Gasteiger partial charge is 0.242 e. The zero-order valence-corrected chi connectivity index (χ0v) is 12.0. The number of pyridine rings is 1. The number of benzene rings is 1. The summed E-state index contributed by atoms with van der Waals surface area (Å²) < 4.78 is 27.1.